The van der Waals surface area contributed by atoms with E-state index in [0.717, 1.165) is 11.1 Å². The summed E-state index contributed by atoms with van der Waals surface area (Å²) in [6, 6.07) is 29.4. The molecule has 0 saturated carbocycles. The molecular weight excluding hydrogens is 799 g/mol. The molecule has 4 aromatic carbocycles. The number of ether oxygens (including phenoxy) is 1. The highest BCUT2D eigenvalue weighted by Crippen LogP contribution is 2.27. The number of rotatable bonds is 16. The van der Waals surface area contributed by atoms with Crippen LogP contribution in [-0.2, 0) is 27.2 Å². The van der Waals surface area contributed by atoms with E-state index in [1.807, 2.05) is 60.7 Å². The molecule has 0 saturated heterocycles. The topological polar surface area (TPSA) is 226 Å². The number of aromatic nitrogens is 6. The fourth-order valence-electron chi connectivity index (χ4n) is 6.21. The minimum atomic E-state index is -1.24. The van der Waals surface area contributed by atoms with Crippen molar-refractivity contribution in [2.45, 2.75) is 24.9 Å². The number of nitrogens with one attached hydrogen (secondary N) is 5. The lowest BCUT2D eigenvalue weighted by molar-refractivity contribution is -0.122. The van der Waals surface area contributed by atoms with Gasteiger partial charge in [-0.05, 0) is 64.9 Å². The van der Waals surface area contributed by atoms with Crippen LogP contribution in [0.25, 0.3) is 21.8 Å². The number of H-pyrrole nitrogens is 1. The van der Waals surface area contributed by atoms with Crippen LogP contribution in [0.15, 0.2) is 109 Å². The van der Waals surface area contributed by atoms with Crippen LogP contribution in [0.4, 0.5) is 17.6 Å². The molecule has 0 aliphatic heterocycles. The van der Waals surface area contributed by atoms with Gasteiger partial charge in [0.1, 0.15) is 41.5 Å². The van der Waals surface area contributed by atoms with Crippen molar-refractivity contribution < 1.29 is 29.0 Å². The lowest BCUT2D eigenvalue weighted by Gasteiger charge is -2.21. The van der Waals surface area contributed by atoms with Gasteiger partial charge in [0.15, 0.2) is 0 Å². The van der Waals surface area contributed by atoms with Crippen molar-refractivity contribution >= 4 is 86.3 Å². The zero-order chi connectivity index (χ0) is 41.3. The number of nitrogens with zero attached hydrogens (tertiary/aromatic N) is 5. The Bertz CT molecular complexity index is 2640. The summed E-state index contributed by atoms with van der Waals surface area (Å²) < 4.78 is 5.65. The highest BCUT2D eigenvalue weighted by Gasteiger charge is 2.26. The van der Waals surface area contributed by atoms with Gasteiger partial charge in [0.25, 0.3) is 5.95 Å². The van der Waals surface area contributed by atoms with Gasteiger partial charge in [0.2, 0.25) is 11.8 Å². The van der Waals surface area contributed by atoms with Gasteiger partial charge in [-0.1, -0.05) is 89.0 Å². The average molecular weight is 834 g/mol. The lowest BCUT2D eigenvalue weighted by Crippen LogP contribution is -2.43. The maximum absolute atomic E-state index is 13.8. The van der Waals surface area contributed by atoms with E-state index in [4.69, 9.17) is 27.9 Å². The van der Waals surface area contributed by atoms with E-state index in [9.17, 15) is 24.3 Å². The third-order valence-corrected chi connectivity index (χ3v) is 9.51. The zero-order valence-corrected chi connectivity index (χ0v) is 32.4. The van der Waals surface area contributed by atoms with Crippen LogP contribution in [0.5, 0.6) is 0 Å². The first-order chi connectivity index (χ1) is 28.6. The molecule has 298 valence electrons. The van der Waals surface area contributed by atoms with Crippen molar-refractivity contribution in [3.8, 4) is 0 Å². The summed E-state index contributed by atoms with van der Waals surface area (Å²) in [5.41, 5.74) is 2.45. The number of hydrogen-bond acceptors (Lipinski definition) is 12. The third kappa shape index (κ3) is 10.2. The van der Waals surface area contributed by atoms with E-state index in [0.29, 0.717) is 31.9 Å². The monoisotopic (exact) mass is 832 g/mol. The predicted molar refractivity (Wildman–Crippen MR) is 222 cm³/mol. The second-order valence-corrected chi connectivity index (χ2v) is 14.0. The number of benzene rings is 4. The molecule has 0 bridgehead atoms. The number of fused-ring (bicyclic) bond motifs is 2. The predicted octanol–water partition coefficient (Wildman–Crippen LogP) is 5.96. The summed E-state index contributed by atoms with van der Waals surface area (Å²) in [7, 11) is 0. The van der Waals surface area contributed by atoms with Crippen molar-refractivity contribution in [2.24, 2.45) is 0 Å². The SMILES string of the molecule is O=C(O)c1cc2cc(Cl)ccc2nc1N[C@@H](Cc1ccccc1)C(=O)NCCOC(=O)c1cc2cc(Cl)ccc2nc1N[C@@H](Cc1ccccc1)C(=O)Nc1nn[nH]n1. The maximum Gasteiger partial charge on any atom is 0.341 e. The molecule has 0 fully saturated rings. The van der Waals surface area contributed by atoms with Crippen LogP contribution in [0.1, 0.15) is 31.8 Å². The maximum atomic E-state index is 13.8. The number of carbonyl (C=O) groups excluding carboxylic acids is 3. The molecule has 0 aliphatic rings. The number of anilines is 3. The number of amides is 2. The van der Waals surface area contributed by atoms with E-state index < -0.39 is 35.8 Å². The Morgan fingerprint density at radius 1 is 0.695 bits per heavy atom. The van der Waals surface area contributed by atoms with Crippen molar-refractivity contribution in [2.75, 3.05) is 29.1 Å². The lowest BCUT2D eigenvalue weighted by atomic mass is 10.0. The van der Waals surface area contributed by atoms with Gasteiger partial charge in [-0.3, -0.25) is 14.9 Å². The van der Waals surface area contributed by atoms with Gasteiger partial charge in [-0.15, -0.1) is 5.10 Å². The summed E-state index contributed by atoms with van der Waals surface area (Å²) in [5, 5.41) is 36.8. The Labute approximate surface area is 345 Å². The summed E-state index contributed by atoms with van der Waals surface area (Å²) in [6.07, 6.45) is 0.372. The molecule has 0 aliphatic carbocycles. The molecule has 59 heavy (non-hydrogen) atoms. The summed E-state index contributed by atoms with van der Waals surface area (Å²) in [4.78, 5) is 62.6. The van der Waals surface area contributed by atoms with Gasteiger partial charge in [-0.2, -0.15) is 5.21 Å². The second kappa shape index (κ2) is 18.4. The number of hydrogen-bond donors (Lipinski definition) is 6. The number of carboxylic acids is 1. The van der Waals surface area contributed by atoms with Gasteiger partial charge < -0.3 is 25.8 Å². The normalized spacial score (nSPS) is 12.0. The van der Waals surface area contributed by atoms with E-state index in [2.05, 4.69) is 51.9 Å². The number of carboxylic acid groups (broad SMARTS) is 1. The van der Waals surface area contributed by atoms with Crippen molar-refractivity contribution in [3.05, 3.63) is 141 Å². The standard InChI is InChI=1S/C41H34Cl2N10O6/c42-27-11-13-31-25(19-27)21-29(39(56)57)35(45-31)47-33(17-23-7-3-1-4-8-23)37(54)44-15-16-59-40(58)30-22-26-20-28(43)12-14-32(26)46-36(30)48-34(18-24-9-5-2-6-10-24)38(55)49-41-50-52-53-51-41/h1-14,19-22,33-34H,15-18H2,(H,44,54)(H,45,47)(H,46,48)(H,56,57)(H2,49,50,51,52,53,55)/t33-,34-/m0/s1. The smallest absolute Gasteiger partial charge is 0.341 e. The first-order valence-electron chi connectivity index (χ1n) is 18.1. The number of pyridine rings is 2. The first kappa shape index (κ1) is 40.0. The quantitative estimate of drug-likeness (QED) is 0.0489. The number of halogens is 2. The number of tetrazole rings is 1. The Balaban J connectivity index is 1.09. The fraction of sp³-hybridized carbons (Fsp3) is 0.146. The molecule has 3 aromatic heterocycles. The molecule has 16 nitrogen and oxygen atoms in total. The Hall–Kier alpha value is -7.17. The summed E-state index contributed by atoms with van der Waals surface area (Å²) in [5.74, 6) is -3.04. The van der Waals surface area contributed by atoms with Crippen LogP contribution < -0.4 is 21.3 Å². The van der Waals surface area contributed by atoms with Crippen LogP contribution in [0.2, 0.25) is 10.0 Å². The van der Waals surface area contributed by atoms with Gasteiger partial charge in [0, 0.05) is 33.7 Å². The highest BCUT2D eigenvalue weighted by molar-refractivity contribution is 6.31. The third-order valence-electron chi connectivity index (χ3n) is 9.04. The molecule has 6 N–H and O–H groups in total. The largest absolute Gasteiger partial charge is 0.478 e. The zero-order valence-electron chi connectivity index (χ0n) is 30.9. The molecule has 2 amide bonds. The average Bonchev–Trinajstić information content (AvgIpc) is 3.75. The van der Waals surface area contributed by atoms with Gasteiger partial charge in [-0.25, -0.2) is 19.6 Å². The second-order valence-electron chi connectivity index (χ2n) is 13.2. The molecule has 0 spiro atoms. The molecule has 0 unspecified atom stereocenters. The minimum absolute atomic E-state index is 0.00434. The van der Waals surface area contributed by atoms with Crippen LogP contribution in [0, 0.1) is 0 Å². The van der Waals surface area contributed by atoms with Crippen LogP contribution in [-0.4, -0.2) is 84.7 Å². The van der Waals surface area contributed by atoms with Crippen molar-refractivity contribution in [3.63, 3.8) is 0 Å². The molecule has 18 heteroatoms. The Morgan fingerprint density at radius 2 is 1.24 bits per heavy atom. The minimum Gasteiger partial charge on any atom is -0.478 e. The number of esters is 1. The van der Waals surface area contributed by atoms with Crippen molar-refractivity contribution in [1.29, 1.82) is 0 Å². The molecule has 2 atom stereocenters. The molecular formula is C41H34Cl2N10O6. The highest BCUT2D eigenvalue weighted by atomic mass is 35.5. The molecule has 0 radical (unpaired) electrons. The van der Waals surface area contributed by atoms with E-state index in [1.165, 1.54) is 6.07 Å². The fourth-order valence-corrected chi connectivity index (χ4v) is 6.57. The molecule has 7 rings (SSSR count). The number of aromatic amines is 1. The molecule has 7 aromatic rings. The summed E-state index contributed by atoms with van der Waals surface area (Å²) in [6.45, 7) is -0.358. The summed E-state index contributed by atoms with van der Waals surface area (Å²) >= 11 is 12.4. The number of carbonyl (C=O) groups is 4. The van der Waals surface area contributed by atoms with Gasteiger partial charge >= 0.3 is 11.9 Å². The van der Waals surface area contributed by atoms with E-state index in [1.54, 1.807) is 42.5 Å². The number of aromatic carboxylic acids is 1. The van der Waals surface area contributed by atoms with E-state index >= 15 is 0 Å². The first-order valence-corrected chi connectivity index (χ1v) is 18.9. The van der Waals surface area contributed by atoms with E-state index in [-0.39, 0.29) is 54.7 Å². The van der Waals surface area contributed by atoms with Crippen LogP contribution >= 0.6 is 23.2 Å². The van der Waals surface area contributed by atoms with Crippen molar-refractivity contribution in [1.82, 2.24) is 35.9 Å². The van der Waals surface area contributed by atoms with Crippen LogP contribution in [0.3, 0.4) is 0 Å². The van der Waals surface area contributed by atoms with Gasteiger partial charge in [0.05, 0.1) is 17.6 Å². The Morgan fingerprint density at radius 3 is 1.78 bits per heavy atom. The Kier molecular flexibility index (Phi) is 12.5. The molecule has 3 heterocycles.